The Hall–Kier alpha value is -1.89. The molecule has 0 saturated heterocycles. The molecule has 2 rings (SSSR count). The van der Waals surface area contributed by atoms with E-state index in [9.17, 15) is 4.79 Å². The number of rotatable bonds is 3. The van der Waals surface area contributed by atoms with Crippen molar-refractivity contribution in [2.75, 3.05) is 12.4 Å². The van der Waals surface area contributed by atoms with E-state index in [0.717, 1.165) is 4.47 Å². The zero-order valence-electron chi connectivity index (χ0n) is 8.90. The summed E-state index contributed by atoms with van der Waals surface area (Å²) in [7, 11) is 1.56. The SMILES string of the molecule is COc1cc(NC(=O)c2cn[nH]n2)ccc1Br. The van der Waals surface area contributed by atoms with Gasteiger partial charge < -0.3 is 10.1 Å². The minimum Gasteiger partial charge on any atom is -0.495 e. The first-order chi connectivity index (χ1) is 8.20. The van der Waals surface area contributed by atoms with Crippen molar-refractivity contribution in [2.45, 2.75) is 0 Å². The van der Waals surface area contributed by atoms with Crippen LogP contribution in [0.3, 0.4) is 0 Å². The molecule has 0 aliphatic rings. The molecule has 0 saturated carbocycles. The van der Waals surface area contributed by atoms with Gasteiger partial charge in [0.15, 0.2) is 5.69 Å². The Morgan fingerprint density at radius 2 is 2.35 bits per heavy atom. The normalized spacial score (nSPS) is 10.0. The van der Waals surface area contributed by atoms with E-state index < -0.39 is 0 Å². The third kappa shape index (κ3) is 2.62. The summed E-state index contributed by atoms with van der Waals surface area (Å²) >= 11 is 3.33. The maximum atomic E-state index is 11.7. The molecule has 1 amide bonds. The Labute approximate surface area is 105 Å². The zero-order valence-corrected chi connectivity index (χ0v) is 10.5. The second-order valence-electron chi connectivity index (χ2n) is 3.16. The van der Waals surface area contributed by atoms with E-state index in [1.54, 1.807) is 25.3 Å². The van der Waals surface area contributed by atoms with Crippen LogP contribution in [-0.4, -0.2) is 28.4 Å². The van der Waals surface area contributed by atoms with Crippen molar-refractivity contribution in [3.63, 3.8) is 0 Å². The molecule has 0 aliphatic carbocycles. The Morgan fingerprint density at radius 3 is 3.00 bits per heavy atom. The van der Waals surface area contributed by atoms with Crippen LogP contribution in [0.1, 0.15) is 10.5 Å². The van der Waals surface area contributed by atoms with Gasteiger partial charge in [0.05, 0.1) is 17.8 Å². The zero-order chi connectivity index (χ0) is 12.3. The van der Waals surface area contributed by atoms with Crippen LogP contribution in [0, 0.1) is 0 Å². The van der Waals surface area contributed by atoms with Crippen LogP contribution in [0.15, 0.2) is 28.9 Å². The van der Waals surface area contributed by atoms with Crippen molar-refractivity contribution in [3.8, 4) is 5.75 Å². The fraction of sp³-hybridized carbons (Fsp3) is 0.100. The Morgan fingerprint density at radius 1 is 1.53 bits per heavy atom. The van der Waals surface area contributed by atoms with Crippen LogP contribution in [0.2, 0.25) is 0 Å². The average Bonchev–Trinajstić information content (AvgIpc) is 2.85. The molecule has 1 heterocycles. The molecule has 2 N–H and O–H groups in total. The molecule has 0 aliphatic heterocycles. The van der Waals surface area contributed by atoms with Crippen molar-refractivity contribution < 1.29 is 9.53 Å². The van der Waals surface area contributed by atoms with E-state index in [0.29, 0.717) is 11.4 Å². The predicted octanol–water partition coefficient (Wildman–Crippen LogP) is 1.83. The number of nitrogens with one attached hydrogen (secondary N) is 2. The lowest BCUT2D eigenvalue weighted by atomic mass is 10.3. The van der Waals surface area contributed by atoms with Crippen LogP contribution in [0.5, 0.6) is 5.75 Å². The number of carbonyl (C=O) groups excluding carboxylic acids is 1. The maximum Gasteiger partial charge on any atom is 0.277 e. The number of anilines is 1. The molecular formula is C10H9BrN4O2. The number of H-pyrrole nitrogens is 1. The van der Waals surface area contributed by atoms with Crippen LogP contribution in [-0.2, 0) is 0 Å². The first kappa shape index (κ1) is 11.6. The van der Waals surface area contributed by atoms with Crippen LogP contribution in [0.4, 0.5) is 5.69 Å². The van der Waals surface area contributed by atoms with Gasteiger partial charge in [-0.15, -0.1) is 0 Å². The molecule has 1 aromatic carbocycles. The molecule has 1 aromatic heterocycles. The highest BCUT2D eigenvalue weighted by molar-refractivity contribution is 9.10. The molecule has 0 spiro atoms. The number of amides is 1. The second kappa shape index (κ2) is 4.96. The number of hydrogen-bond donors (Lipinski definition) is 2. The molecule has 0 bridgehead atoms. The lowest BCUT2D eigenvalue weighted by Crippen LogP contribution is -2.12. The van der Waals surface area contributed by atoms with Gasteiger partial charge in [0, 0.05) is 11.8 Å². The van der Waals surface area contributed by atoms with E-state index >= 15 is 0 Å². The Balaban J connectivity index is 2.16. The van der Waals surface area contributed by atoms with Crippen LogP contribution < -0.4 is 10.1 Å². The summed E-state index contributed by atoms with van der Waals surface area (Å²) in [5.74, 6) is 0.311. The molecule has 6 nitrogen and oxygen atoms in total. The molecule has 7 heteroatoms. The monoisotopic (exact) mass is 296 g/mol. The van der Waals surface area contributed by atoms with Crippen molar-refractivity contribution in [1.82, 2.24) is 15.4 Å². The topological polar surface area (TPSA) is 79.9 Å². The van der Waals surface area contributed by atoms with E-state index in [1.807, 2.05) is 0 Å². The molecule has 0 unspecified atom stereocenters. The highest BCUT2D eigenvalue weighted by atomic mass is 79.9. The van der Waals surface area contributed by atoms with Gasteiger partial charge in [0.1, 0.15) is 5.75 Å². The van der Waals surface area contributed by atoms with E-state index in [4.69, 9.17) is 4.74 Å². The highest BCUT2D eigenvalue weighted by Crippen LogP contribution is 2.27. The van der Waals surface area contributed by atoms with E-state index in [1.165, 1.54) is 6.20 Å². The van der Waals surface area contributed by atoms with Gasteiger partial charge in [0.25, 0.3) is 5.91 Å². The second-order valence-corrected chi connectivity index (χ2v) is 4.01. The lowest BCUT2D eigenvalue weighted by Gasteiger charge is -2.07. The largest absolute Gasteiger partial charge is 0.495 e. The molecule has 17 heavy (non-hydrogen) atoms. The number of halogens is 1. The summed E-state index contributed by atoms with van der Waals surface area (Å²) in [6.07, 6.45) is 1.35. The summed E-state index contributed by atoms with van der Waals surface area (Å²) in [6, 6.07) is 5.25. The van der Waals surface area contributed by atoms with E-state index in [-0.39, 0.29) is 11.6 Å². The third-order valence-corrected chi connectivity index (χ3v) is 2.71. The summed E-state index contributed by atoms with van der Waals surface area (Å²) in [5.41, 5.74) is 0.852. The summed E-state index contributed by atoms with van der Waals surface area (Å²) in [4.78, 5) is 11.7. The Bertz CT molecular complexity index is 527. The highest BCUT2D eigenvalue weighted by Gasteiger charge is 2.10. The Kier molecular flexibility index (Phi) is 3.38. The van der Waals surface area contributed by atoms with Crippen molar-refractivity contribution >= 4 is 27.5 Å². The summed E-state index contributed by atoms with van der Waals surface area (Å²) < 4.78 is 5.94. The number of aromatic amines is 1. The van der Waals surface area contributed by atoms with E-state index in [2.05, 4.69) is 36.7 Å². The third-order valence-electron chi connectivity index (χ3n) is 2.06. The average molecular weight is 297 g/mol. The fourth-order valence-corrected chi connectivity index (χ4v) is 1.65. The quantitative estimate of drug-likeness (QED) is 0.905. The van der Waals surface area contributed by atoms with Gasteiger partial charge in [-0.25, -0.2) is 0 Å². The number of hydrogen-bond acceptors (Lipinski definition) is 4. The minimum absolute atomic E-state index is 0.229. The number of nitrogens with zero attached hydrogens (tertiary/aromatic N) is 2. The number of ether oxygens (including phenoxy) is 1. The number of carbonyl (C=O) groups is 1. The van der Waals surface area contributed by atoms with Crippen LogP contribution >= 0.6 is 15.9 Å². The number of methoxy groups -OCH3 is 1. The van der Waals surface area contributed by atoms with Gasteiger partial charge in [-0.2, -0.15) is 15.4 Å². The smallest absolute Gasteiger partial charge is 0.277 e. The first-order valence-electron chi connectivity index (χ1n) is 4.71. The van der Waals surface area contributed by atoms with Gasteiger partial charge in [-0.05, 0) is 28.1 Å². The van der Waals surface area contributed by atoms with Crippen molar-refractivity contribution in [3.05, 3.63) is 34.6 Å². The van der Waals surface area contributed by atoms with Crippen molar-refractivity contribution in [1.29, 1.82) is 0 Å². The number of aromatic nitrogens is 3. The molecule has 88 valence electrons. The maximum absolute atomic E-state index is 11.7. The van der Waals surface area contributed by atoms with Gasteiger partial charge in [-0.3, -0.25) is 4.79 Å². The first-order valence-corrected chi connectivity index (χ1v) is 5.50. The summed E-state index contributed by atoms with van der Waals surface area (Å²) in [5, 5.41) is 12.3. The van der Waals surface area contributed by atoms with Crippen molar-refractivity contribution in [2.24, 2.45) is 0 Å². The minimum atomic E-state index is -0.330. The summed E-state index contributed by atoms with van der Waals surface area (Å²) in [6.45, 7) is 0. The standard InChI is InChI=1S/C10H9BrN4O2/c1-17-9-4-6(2-3-7(9)11)13-10(16)8-5-12-15-14-8/h2-5H,1H3,(H,13,16)(H,12,14,15). The number of benzene rings is 1. The fourth-order valence-electron chi connectivity index (χ4n) is 1.24. The van der Waals surface area contributed by atoms with Crippen LogP contribution in [0.25, 0.3) is 0 Å². The van der Waals surface area contributed by atoms with Gasteiger partial charge in [0.2, 0.25) is 0 Å². The molecule has 0 radical (unpaired) electrons. The molecular weight excluding hydrogens is 288 g/mol. The predicted molar refractivity (Wildman–Crippen MR) is 65.0 cm³/mol. The molecule has 0 fully saturated rings. The van der Waals surface area contributed by atoms with Gasteiger partial charge >= 0.3 is 0 Å². The molecule has 2 aromatic rings. The van der Waals surface area contributed by atoms with Gasteiger partial charge in [-0.1, -0.05) is 0 Å². The molecule has 0 atom stereocenters. The lowest BCUT2D eigenvalue weighted by molar-refractivity contribution is 0.102.